The van der Waals surface area contributed by atoms with Gasteiger partial charge < -0.3 is 20.3 Å². The van der Waals surface area contributed by atoms with Gasteiger partial charge in [-0.2, -0.15) is 0 Å². The molecule has 0 aromatic heterocycles. The maximum absolute atomic E-state index is 11.8. The quantitative estimate of drug-likeness (QED) is 0.616. The third-order valence-corrected chi connectivity index (χ3v) is 3.63. The van der Waals surface area contributed by atoms with E-state index in [1.807, 2.05) is 19.9 Å². The Bertz CT molecular complexity index is 557. The van der Waals surface area contributed by atoms with E-state index in [-0.39, 0.29) is 48.3 Å². The van der Waals surface area contributed by atoms with Crippen LogP contribution in [0.1, 0.15) is 43.9 Å². The first-order valence-electron chi connectivity index (χ1n) is 6.62. The summed E-state index contributed by atoms with van der Waals surface area (Å²) in [4.78, 5) is 22.3. The van der Waals surface area contributed by atoms with E-state index in [9.17, 15) is 19.8 Å². The van der Waals surface area contributed by atoms with E-state index >= 15 is 0 Å². The monoisotopic (exact) mass is 299 g/mol. The summed E-state index contributed by atoms with van der Waals surface area (Å²) >= 11 is 0. The number of benzene rings is 1. The molecule has 0 bridgehead atoms. The van der Waals surface area contributed by atoms with Gasteiger partial charge in [0.25, 0.3) is 0 Å². The van der Waals surface area contributed by atoms with Crippen LogP contribution in [0.2, 0.25) is 0 Å². The smallest absolute Gasteiger partial charge is 0.550 e. The minimum Gasteiger partial charge on any atom is -0.550 e. The normalized spacial score (nSPS) is 17.2. The van der Waals surface area contributed by atoms with E-state index in [0.29, 0.717) is 12.0 Å². The van der Waals surface area contributed by atoms with Gasteiger partial charge in [0.05, 0.1) is 6.10 Å². The van der Waals surface area contributed by atoms with Gasteiger partial charge in [-0.25, -0.2) is 0 Å². The Morgan fingerprint density at radius 1 is 1.48 bits per heavy atom. The summed E-state index contributed by atoms with van der Waals surface area (Å²) in [6, 6.07) is 5.29. The zero-order valence-corrected chi connectivity index (χ0v) is 14.6. The van der Waals surface area contributed by atoms with Crippen molar-refractivity contribution in [1.29, 1.82) is 0 Å². The number of carbonyl (C=O) groups is 2. The molecule has 0 aliphatic carbocycles. The molecule has 0 saturated heterocycles. The maximum atomic E-state index is 11.8. The first kappa shape index (κ1) is 18.2. The van der Waals surface area contributed by atoms with Crippen LogP contribution in [0.5, 0.6) is 0 Å². The van der Waals surface area contributed by atoms with Crippen molar-refractivity contribution in [3.05, 3.63) is 29.3 Å². The molecule has 5 nitrogen and oxygen atoms in total. The van der Waals surface area contributed by atoms with E-state index in [2.05, 4.69) is 5.32 Å². The fraction of sp³-hybridized carbons (Fsp3) is 0.467. The van der Waals surface area contributed by atoms with Gasteiger partial charge in [0, 0.05) is 17.1 Å². The zero-order valence-electron chi connectivity index (χ0n) is 12.6. The number of carboxylic acid groups (broad SMARTS) is 1. The predicted octanol–water partition coefficient (Wildman–Crippen LogP) is -2.23. The number of hydrogen-bond acceptors (Lipinski definition) is 4. The number of fused-ring (bicyclic) bond motifs is 1. The number of carboxylic acids is 1. The molecular formula is C15H18NNaO4. The number of carbonyl (C=O) groups excluding carboxylic acids is 2. The molecule has 108 valence electrons. The molecule has 21 heavy (non-hydrogen) atoms. The molecule has 0 saturated carbocycles. The Kier molecular flexibility index (Phi) is 5.99. The number of aliphatic hydroxyl groups excluding tert-OH is 1. The van der Waals surface area contributed by atoms with E-state index in [1.54, 1.807) is 12.1 Å². The van der Waals surface area contributed by atoms with Gasteiger partial charge in [-0.15, -0.1) is 0 Å². The molecule has 1 aromatic carbocycles. The minimum absolute atomic E-state index is 0. The van der Waals surface area contributed by atoms with Crippen LogP contribution in [0.25, 0.3) is 0 Å². The number of rotatable bonds is 4. The SMILES string of the molecule is CC1(C)Cc2cc(C(O)CCC(=O)[O-])ccc2NC1=O.[Na+]. The summed E-state index contributed by atoms with van der Waals surface area (Å²) in [5, 5.41) is 23.2. The molecule has 1 atom stereocenters. The molecule has 0 spiro atoms. The van der Waals surface area contributed by atoms with E-state index in [0.717, 1.165) is 11.3 Å². The van der Waals surface area contributed by atoms with Crippen molar-refractivity contribution >= 4 is 17.6 Å². The van der Waals surface area contributed by atoms with Crippen LogP contribution >= 0.6 is 0 Å². The van der Waals surface area contributed by atoms with Crippen LogP contribution in [0.15, 0.2) is 18.2 Å². The van der Waals surface area contributed by atoms with Crippen molar-refractivity contribution in [1.82, 2.24) is 0 Å². The van der Waals surface area contributed by atoms with Crippen LogP contribution < -0.4 is 40.0 Å². The van der Waals surface area contributed by atoms with E-state index in [1.165, 1.54) is 0 Å². The summed E-state index contributed by atoms with van der Waals surface area (Å²) in [6.45, 7) is 3.73. The first-order valence-corrected chi connectivity index (χ1v) is 6.62. The number of amides is 1. The fourth-order valence-corrected chi connectivity index (χ4v) is 2.36. The van der Waals surface area contributed by atoms with Gasteiger partial charge in [0.15, 0.2) is 0 Å². The minimum atomic E-state index is -1.17. The van der Waals surface area contributed by atoms with E-state index in [4.69, 9.17) is 0 Å². The summed E-state index contributed by atoms with van der Waals surface area (Å²) in [5.74, 6) is -1.19. The van der Waals surface area contributed by atoms with Crippen molar-refractivity contribution in [2.24, 2.45) is 5.41 Å². The second kappa shape index (κ2) is 6.92. The second-order valence-corrected chi connectivity index (χ2v) is 5.86. The number of aliphatic carboxylic acids is 1. The van der Waals surface area contributed by atoms with Crippen LogP contribution in [0, 0.1) is 5.41 Å². The molecule has 0 fully saturated rings. The molecule has 1 amide bonds. The number of anilines is 1. The topological polar surface area (TPSA) is 89.5 Å². The van der Waals surface area contributed by atoms with Crippen molar-refractivity contribution in [2.45, 2.75) is 39.2 Å². The Hall–Kier alpha value is -0.880. The van der Waals surface area contributed by atoms with Gasteiger partial charge in [-0.05, 0) is 36.5 Å². The van der Waals surface area contributed by atoms with Gasteiger partial charge in [-0.1, -0.05) is 26.0 Å². The Labute approximate surface area is 146 Å². The molecule has 1 heterocycles. The Morgan fingerprint density at radius 3 is 2.76 bits per heavy atom. The average Bonchev–Trinajstić information content (AvgIpc) is 2.36. The molecule has 6 heteroatoms. The number of aliphatic hydroxyl groups is 1. The van der Waals surface area contributed by atoms with Crippen LogP contribution in [0.4, 0.5) is 5.69 Å². The zero-order chi connectivity index (χ0) is 14.9. The maximum Gasteiger partial charge on any atom is 1.00 e. The summed E-state index contributed by atoms with van der Waals surface area (Å²) in [6.07, 6.45) is -0.300. The molecule has 1 aliphatic heterocycles. The molecule has 2 rings (SSSR count). The molecule has 1 unspecified atom stereocenters. The fourth-order valence-electron chi connectivity index (χ4n) is 2.36. The van der Waals surface area contributed by atoms with Gasteiger partial charge in [0.2, 0.25) is 5.91 Å². The van der Waals surface area contributed by atoms with Crippen molar-refractivity contribution in [3.63, 3.8) is 0 Å². The standard InChI is InChI=1S/C15H19NO4.Na/c1-15(2)8-10-7-9(12(17)5-6-13(18)19)3-4-11(10)16-14(15)20;/h3-4,7,12,17H,5-6,8H2,1-2H3,(H,16,20)(H,18,19);/q;+1/p-1. The third kappa shape index (κ3) is 4.30. The van der Waals surface area contributed by atoms with Gasteiger partial charge in [0.1, 0.15) is 0 Å². The van der Waals surface area contributed by atoms with Gasteiger partial charge >= 0.3 is 29.6 Å². The van der Waals surface area contributed by atoms with Crippen molar-refractivity contribution < 1.29 is 49.4 Å². The van der Waals surface area contributed by atoms with Crippen LogP contribution in [0.3, 0.4) is 0 Å². The van der Waals surface area contributed by atoms with Crippen molar-refractivity contribution in [2.75, 3.05) is 5.32 Å². The summed E-state index contributed by atoms with van der Waals surface area (Å²) in [7, 11) is 0. The summed E-state index contributed by atoms with van der Waals surface area (Å²) < 4.78 is 0. The third-order valence-electron chi connectivity index (χ3n) is 3.63. The van der Waals surface area contributed by atoms with Crippen molar-refractivity contribution in [3.8, 4) is 0 Å². The number of nitrogens with one attached hydrogen (secondary N) is 1. The first-order chi connectivity index (χ1) is 9.29. The van der Waals surface area contributed by atoms with E-state index < -0.39 is 17.5 Å². The number of hydrogen-bond donors (Lipinski definition) is 2. The molecule has 1 aliphatic rings. The Balaban J connectivity index is 0.00000220. The largest absolute Gasteiger partial charge is 1.00 e. The van der Waals surface area contributed by atoms with Gasteiger partial charge in [-0.3, -0.25) is 4.79 Å². The Morgan fingerprint density at radius 2 is 2.14 bits per heavy atom. The second-order valence-electron chi connectivity index (χ2n) is 5.86. The summed E-state index contributed by atoms with van der Waals surface area (Å²) in [5.41, 5.74) is 1.89. The molecule has 2 N–H and O–H groups in total. The van der Waals surface area contributed by atoms with Crippen LogP contribution in [-0.2, 0) is 16.0 Å². The molecular weight excluding hydrogens is 281 g/mol. The van der Waals surface area contributed by atoms with Crippen LogP contribution in [-0.4, -0.2) is 17.0 Å². The molecule has 0 radical (unpaired) electrons. The average molecular weight is 299 g/mol. The predicted molar refractivity (Wildman–Crippen MR) is 71.8 cm³/mol. The molecule has 1 aromatic rings.